The second-order valence-corrected chi connectivity index (χ2v) is 4.77. The van der Waals surface area contributed by atoms with Crippen LogP contribution in [-0.4, -0.2) is 37.4 Å². The van der Waals surface area contributed by atoms with Gasteiger partial charge in [0.05, 0.1) is 5.69 Å². The van der Waals surface area contributed by atoms with E-state index < -0.39 is 0 Å². The molecule has 1 aliphatic heterocycles. The molecule has 4 heteroatoms. The van der Waals surface area contributed by atoms with Gasteiger partial charge >= 0.3 is 0 Å². The highest BCUT2D eigenvalue weighted by Gasteiger charge is 2.21. The van der Waals surface area contributed by atoms with E-state index in [4.69, 9.17) is 5.11 Å². The van der Waals surface area contributed by atoms with Crippen molar-refractivity contribution in [1.29, 1.82) is 0 Å². The summed E-state index contributed by atoms with van der Waals surface area (Å²) < 4.78 is 13.7. The summed E-state index contributed by atoms with van der Waals surface area (Å²) in [5.74, 6) is -0.145. The lowest BCUT2D eigenvalue weighted by Gasteiger charge is -2.35. The van der Waals surface area contributed by atoms with Gasteiger partial charge in [0.15, 0.2) is 0 Å². The Labute approximate surface area is 108 Å². The number of hydrogen-bond donors (Lipinski definition) is 2. The van der Waals surface area contributed by atoms with E-state index in [1.54, 1.807) is 6.07 Å². The van der Waals surface area contributed by atoms with Crippen LogP contribution in [0.15, 0.2) is 24.3 Å². The quantitative estimate of drug-likeness (QED) is 0.784. The molecule has 0 radical (unpaired) electrons. The Morgan fingerprint density at radius 1 is 1.39 bits per heavy atom. The van der Waals surface area contributed by atoms with Crippen molar-refractivity contribution in [1.82, 2.24) is 5.32 Å². The van der Waals surface area contributed by atoms with Gasteiger partial charge in [-0.2, -0.15) is 0 Å². The van der Waals surface area contributed by atoms with Gasteiger partial charge < -0.3 is 15.3 Å². The molecule has 1 aromatic carbocycles. The van der Waals surface area contributed by atoms with Gasteiger partial charge in [0.2, 0.25) is 0 Å². The fourth-order valence-electron chi connectivity index (χ4n) is 2.46. The fraction of sp³-hybridized carbons (Fsp3) is 0.571. The lowest BCUT2D eigenvalue weighted by molar-refractivity contribution is 0.280. The largest absolute Gasteiger partial charge is 0.396 e. The SMILES string of the molecule is OCCCNC1CCCN(c2ccccc2F)C1. The molecular formula is C14H21FN2O. The first-order chi connectivity index (χ1) is 8.81. The van der Waals surface area contributed by atoms with E-state index in [9.17, 15) is 4.39 Å². The maximum atomic E-state index is 13.7. The van der Waals surface area contributed by atoms with Crippen LogP contribution in [0.1, 0.15) is 19.3 Å². The van der Waals surface area contributed by atoms with E-state index in [1.165, 1.54) is 6.07 Å². The highest BCUT2D eigenvalue weighted by molar-refractivity contribution is 5.48. The second-order valence-electron chi connectivity index (χ2n) is 4.77. The van der Waals surface area contributed by atoms with Crippen LogP contribution in [0.4, 0.5) is 10.1 Å². The number of piperidine rings is 1. The average molecular weight is 252 g/mol. The molecule has 1 aromatic rings. The van der Waals surface area contributed by atoms with Crippen molar-refractivity contribution < 1.29 is 9.50 Å². The molecule has 2 N–H and O–H groups in total. The summed E-state index contributed by atoms with van der Waals surface area (Å²) in [4.78, 5) is 2.11. The monoisotopic (exact) mass is 252 g/mol. The fourth-order valence-corrected chi connectivity index (χ4v) is 2.46. The number of halogens is 1. The first-order valence-electron chi connectivity index (χ1n) is 6.65. The normalized spacial score (nSPS) is 20.1. The lowest BCUT2D eigenvalue weighted by Crippen LogP contribution is -2.46. The minimum atomic E-state index is -0.145. The van der Waals surface area contributed by atoms with Crippen molar-refractivity contribution >= 4 is 5.69 Å². The summed E-state index contributed by atoms with van der Waals surface area (Å²) in [5, 5.41) is 12.2. The van der Waals surface area contributed by atoms with Crippen LogP contribution in [-0.2, 0) is 0 Å². The molecule has 1 fully saturated rings. The van der Waals surface area contributed by atoms with Crippen LogP contribution in [0.2, 0.25) is 0 Å². The molecular weight excluding hydrogens is 231 g/mol. The molecule has 2 rings (SSSR count). The van der Waals surface area contributed by atoms with Gasteiger partial charge in [-0.25, -0.2) is 4.39 Å². The summed E-state index contributed by atoms with van der Waals surface area (Å²) >= 11 is 0. The van der Waals surface area contributed by atoms with E-state index in [1.807, 2.05) is 12.1 Å². The molecule has 0 bridgehead atoms. The Morgan fingerprint density at radius 2 is 2.22 bits per heavy atom. The third-order valence-electron chi connectivity index (χ3n) is 3.38. The molecule has 0 aromatic heterocycles. The first kappa shape index (κ1) is 13.3. The van der Waals surface area contributed by atoms with Crippen LogP contribution >= 0.6 is 0 Å². The van der Waals surface area contributed by atoms with Gasteiger partial charge in [-0.1, -0.05) is 12.1 Å². The number of aliphatic hydroxyl groups is 1. The predicted octanol–water partition coefficient (Wildman–Crippen LogP) is 1.77. The zero-order valence-corrected chi connectivity index (χ0v) is 10.6. The number of aliphatic hydroxyl groups excluding tert-OH is 1. The van der Waals surface area contributed by atoms with E-state index in [-0.39, 0.29) is 12.4 Å². The van der Waals surface area contributed by atoms with Crippen molar-refractivity contribution in [3.63, 3.8) is 0 Å². The van der Waals surface area contributed by atoms with Crippen molar-refractivity contribution in [3.05, 3.63) is 30.1 Å². The lowest BCUT2D eigenvalue weighted by atomic mass is 10.0. The number of anilines is 1. The average Bonchev–Trinajstić information content (AvgIpc) is 2.40. The maximum Gasteiger partial charge on any atom is 0.146 e. The van der Waals surface area contributed by atoms with Gasteiger partial charge in [0.1, 0.15) is 5.82 Å². The van der Waals surface area contributed by atoms with E-state index in [2.05, 4.69) is 10.2 Å². The zero-order chi connectivity index (χ0) is 12.8. The second kappa shape index (κ2) is 6.71. The zero-order valence-electron chi connectivity index (χ0n) is 10.6. The van der Waals surface area contributed by atoms with Crippen molar-refractivity contribution in [3.8, 4) is 0 Å². The van der Waals surface area contributed by atoms with Gasteiger partial charge in [-0.15, -0.1) is 0 Å². The van der Waals surface area contributed by atoms with Crippen LogP contribution in [0, 0.1) is 5.82 Å². The Bertz CT molecular complexity index is 373. The van der Waals surface area contributed by atoms with Crippen LogP contribution in [0.3, 0.4) is 0 Å². The molecule has 0 aliphatic carbocycles. The Morgan fingerprint density at radius 3 is 3.00 bits per heavy atom. The highest BCUT2D eigenvalue weighted by atomic mass is 19.1. The van der Waals surface area contributed by atoms with Crippen molar-refractivity contribution in [2.45, 2.75) is 25.3 Å². The van der Waals surface area contributed by atoms with E-state index >= 15 is 0 Å². The van der Waals surface area contributed by atoms with Crippen LogP contribution < -0.4 is 10.2 Å². The molecule has 1 atom stereocenters. The van der Waals surface area contributed by atoms with Gasteiger partial charge in [-0.05, 0) is 37.9 Å². The Hall–Kier alpha value is -1.13. The van der Waals surface area contributed by atoms with Crippen molar-refractivity contribution in [2.75, 3.05) is 31.1 Å². The molecule has 18 heavy (non-hydrogen) atoms. The topological polar surface area (TPSA) is 35.5 Å². The van der Waals surface area contributed by atoms with E-state index in [0.717, 1.165) is 38.9 Å². The van der Waals surface area contributed by atoms with Crippen LogP contribution in [0.25, 0.3) is 0 Å². The smallest absolute Gasteiger partial charge is 0.146 e. The molecule has 3 nitrogen and oxygen atoms in total. The van der Waals surface area contributed by atoms with Gasteiger partial charge in [0, 0.05) is 25.7 Å². The molecule has 0 saturated carbocycles. The Balaban J connectivity index is 1.92. The summed E-state index contributed by atoms with van der Waals surface area (Å²) in [6, 6.07) is 7.34. The molecule has 100 valence electrons. The Kier molecular flexibility index (Phi) is 4.96. The number of hydrogen-bond acceptors (Lipinski definition) is 3. The number of rotatable bonds is 5. The molecule has 1 heterocycles. The molecule has 1 saturated heterocycles. The predicted molar refractivity (Wildman–Crippen MR) is 71.3 cm³/mol. The third-order valence-corrected chi connectivity index (χ3v) is 3.38. The molecule has 0 amide bonds. The summed E-state index contributed by atoms with van der Waals surface area (Å²) in [7, 11) is 0. The summed E-state index contributed by atoms with van der Waals surface area (Å²) in [6.45, 7) is 2.80. The summed E-state index contributed by atoms with van der Waals surface area (Å²) in [6.07, 6.45) is 2.97. The standard InChI is InChI=1S/C14H21FN2O/c15-13-6-1-2-7-14(13)17-9-3-5-12(11-17)16-8-4-10-18/h1-2,6-7,12,16,18H,3-5,8-11H2. The number of nitrogens with zero attached hydrogens (tertiary/aromatic N) is 1. The number of benzene rings is 1. The van der Waals surface area contributed by atoms with Gasteiger partial charge in [-0.3, -0.25) is 0 Å². The third kappa shape index (κ3) is 3.43. The first-order valence-corrected chi connectivity index (χ1v) is 6.65. The number of para-hydroxylation sites is 1. The summed E-state index contributed by atoms with van der Waals surface area (Å²) in [5.41, 5.74) is 0.700. The minimum Gasteiger partial charge on any atom is -0.396 e. The molecule has 0 spiro atoms. The molecule has 1 aliphatic rings. The van der Waals surface area contributed by atoms with Crippen LogP contribution in [0.5, 0.6) is 0 Å². The molecule has 1 unspecified atom stereocenters. The number of nitrogens with one attached hydrogen (secondary N) is 1. The van der Waals surface area contributed by atoms with Crippen molar-refractivity contribution in [2.24, 2.45) is 0 Å². The minimum absolute atomic E-state index is 0.145. The highest BCUT2D eigenvalue weighted by Crippen LogP contribution is 2.22. The maximum absolute atomic E-state index is 13.7. The van der Waals surface area contributed by atoms with Gasteiger partial charge in [0.25, 0.3) is 0 Å². The van der Waals surface area contributed by atoms with E-state index in [0.29, 0.717) is 11.7 Å².